The van der Waals surface area contributed by atoms with Gasteiger partial charge < -0.3 is 4.90 Å². The number of rotatable bonds is 4. The van der Waals surface area contributed by atoms with Gasteiger partial charge in [-0.15, -0.1) is 22.7 Å². The van der Waals surface area contributed by atoms with E-state index >= 15 is 0 Å². The highest BCUT2D eigenvalue weighted by atomic mass is 32.1. The number of anilines is 1. The van der Waals surface area contributed by atoms with Gasteiger partial charge in [0.2, 0.25) is 5.91 Å². The van der Waals surface area contributed by atoms with Crippen LogP contribution in [0.1, 0.15) is 39.2 Å². The molecule has 0 bridgehead atoms. The number of fused-ring (bicyclic) bond motifs is 1. The van der Waals surface area contributed by atoms with Gasteiger partial charge in [0.25, 0.3) is 0 Å². The molecule has 0 saturated carbocycles. The smallest absolute Gasteiger partial charge is 0.227 e. The largest absolute Gasteiger partial charge is 0.303 e. The fourth-order valence-corrected chi connectivity index (χ4v) is 4.34. The van der Waals surface area contributed by atoms with Crippen LogP contribution in [0.15, 0.2) is 23.6 Å². The van der Waals surface area contributed by atoms with Crippen molar-refractivity contribution in [2.75, 3.05) is 11.4 Å². The lowest BCUT2D eigenvalue weighted by atomic mass is 10.2. The first-order valence-electron chi connectivity index (χ1n) is 7.17. The minimum Gasteiger partial charge on any atom is -0.303 e. The van der Waals surface area contributed by atoms with Gasteiger partial charge in [0.05, 0.1) is 17.1 Å². The molecule has 0 spiro atoms. The SMILES string of the molecule is CCc1ccc(C(=O)CN2C(=O)CCCc3sccc32)s1. The van der Waals surface area contributed by atoms with Gasteiger partial charge in [-0.1, -0.05) is 6.92 Å². The molecule has 2 aromatic heterocycles. The Balaban J connectivity index is 1.83. The molecule has 0 unspecified atom stereocenters. The third kappa shape index (κ3) is 2.94. The summed E-state index contributed by atoms with van der Waals surface area (Å²) >= 11 is 3.21. The maximum atomic E-state index is 12.5. The molecule has 0 saturated heterocycles. The van der Waals surface area contributed by atoms with Crippen molar-refractivity contribution in [1.29, 1.82) is 0 Å². The first-order chi connectivity index (χ1) is 10.2. The number of nitrogens with zero attached hydrogens (tertiary/aromatic N) is 1. The number of ketones is 1. The van der Waals surface area contributed by atoms with Crippen LogP contribution in [0.4, 0.5) is 5.69 Å². The highest BCUT2D eigenvalue weighted by molar-refractivity contribution is 7.14. The van der Waals surface area contributed by atoms with Crippen molar-refractivity contribution in [3.63, 3.8) is 0 Å². The molecule has 1 aliphatic heterocycles. The average Bonchev–Trinajstić information content (AvgIpc) is 3.11. The van der Waals surface area contributed by atoms with Crippen LogP contribution in [0.2, 0.25) is 0 Å². The zero-order valence-electron chi connectivity index (χ0n) is 11.9. The summed E-state index contributed by atoms with van der Waals surface area (Å²) in [6, 6.07) is 5.84. The molecule has 0 atom stereocenters. The number of hydrogen-bond acceptors (Lipinski definition) is 4. The number of Topliss-reactive ketones (excluding diaryl/α,β-unsaturated/α-hetero) is 1. The van der Waals surface area contributed by atoms with Crippen molar-refractivity contribution in [3.05, 3.63) is 38.2 Å². The third-order valence-electron chi connectivity index (χ3n) is 3.69. The molecule has 5 heteroatoms. The van der Waals surface area contributed by atoms with Gasteiger partial charge in [-0.05, 0) is 42.8 Å². The molecule has 21 heavy (non-hydrogen) atoms. The van der Waals surface area contributed by atoms with Gasteiger partial charge in [-0.25, -0.2) is 0 Å². The second-order valence-corrected chi connectivity index (χ2v) is 7.27. The molecule has 0 aliphatic carbocycles. The summed E-state index contributed by atoms with van der Waals surface area (Å²) in [5.41, 5.74) is 0.933. The van der Waals surface area contributed by atoms with Crippen LogP contribution in [-0.4, -0.2) is 18.2 Å². The van der Waals surface area contributed by atoms with Crippen LogP contribution < -0.4 is 4.90 Å². The summed E-state index contributed by atoms with van der Waals surface area (Å²) in [7, 11) is 0. The number of amides is 1. The van der Waals surface area contributed by atoms with E-state index in [1.807, 2.05) is 23.6 Å². The predicted molar refractivity (Wildman–Crippen MR) is 87.6 cm³/mol. The molecule has 3 nitrogen and oxygen atoms in total. The lowest BCUT2D eigenvalue weighted by Gasteiger charge is -2.19. The van der Waals surface area contributed by atoms with Crippen LogP contribution in [0, 0.1) is 0 Å². The molecule has 1 aliphatic rings. The lowest BCUT2D eigenvalue weighted by Crippen LogP contribution is -2.34. The molecule has 0 aromatic carbocycles. The monoisotopic (exact) mass is 319 g/mol. The Morgan fingerprint density at radius 2 is 2.14 bits per heavy atom. The maximum Gasteiger partial charge on any atom is 0.227 e. The zero-order chi connectivity index (χ0) is 14.8. The number of aryl methyl sites for hydroxylation is 2. The number of carbonyl (C=O) groups excluding carboxylic acids is 2. The Morgan fingerprint density at radius 1 is 1.29 bits per heavy atom. The standard InChI is InChI=1S/C16H17NO2S2/c1-2-11-6-7-15(21-11)13(18)10-17-12-8-9-20-14(12)4-3-5-16(17)19/h6-9H,2-5,10H2,1H3. The van der Waals surface area contributed by atoms with Crippen LogP contribution in [0.3, 0.4) is 0 Å². The normalized spacial score (nSPS) is 14.9. The Kier molecular flexibility index (Phi) is 4.22. The molecule has 0 N–H and O–H groups in total. The lowest BCUT2D eigenvalue weighted by molar-refractivity contribution is -0.118. The van der Waals surface area contributed by atoms with Crippen molar-refractivity contribution in [3.8, 4) is 0 Å². The highest BCUT2D eigenvalue weighted by Gasteiger charge is 2.25. The number of carbonyl (C=O) groups is 2. The van der Waals surface area contributed by atoms with Gasteiger partial charge in [-0.3, -0.25) is 9.59 Å². The van der Waals surface area contributed by atoms with E-state index in [0.717, 1.165) is 29.8 Å². The molecular formula is C16H17NO2S2. The highest BCUT2D eigenvalue weighted by Crippen LogP contribution is 2.32. The van der Waals surface area contributed by atoms with E-state index in [1.165, 1.54) is 21.1 Å². The zero-order valence-corrected chi connectivity index (χ0v) is 13.6. The van der Waals surface area contributed by atoms with Gasteiger partial charge in [0.1, 0.15) is 0 Å². The van der Waals surface area contributed by atoms with Crippen LogP contribution in [-0.2, 0) is 17.6 Å². The minimum absolute atomic E-state index is 0.0344. The van der Waals surface area contributed by atoms with E-state index in [1.54, 1.807) is 16.2 Å². The van der Waals surface area contributed by atoms with Crippen molar-refractivity contribution in [2.24, 2.45) is 0 Å². The second kappa shape index (κ2) is 6.12. The summed E-state index contributed by atoms with van der Waals surface area (Å²) in [6.45, 7) is 2.24. The maximum absolute atomic E-state index is 12.5. The summed E-state index contributed by atoms with van der Waals surface area (Å²) in [4.78, 5) is 29.6. The molecule has 0 radical (unpaired) electrons. The molecule has 2 aromatic rings. The number of thiophene rings is 2. The summed E-state index contributed by atoms with van der Waals surface area (Å²) in [5.74, 6) is 0.0971. The quantitative estimate of drug-likeness (QED) is 0.801. The van der Waals surface area contributed by atoms with Crippen molar-refractivity contribution in [2.45, 2.75) is 32.6 Å². The van der Waals surface area contributed by atoms with Crippen LogP contribution in [0.5, 0.6) is 0 Å². The Labute approximate surface area is 132 Å². The van der Waals surface area contributed by atoms with Crippen molar-refractivity contribution < 1.29 is 9.59 Å². The van der Waals surface area contributed by atoms with E-state index in [-0.39, 0.29) is 18.2 Å². The van der Waals surface area contributed by atoms with Crippen molar-refractivity contribution >= 4 is 40.1 Å². The fraction of sp³-hybridized carbons (Fsp3) is 0.375. The minimum atomic E-state index is 0.0344. The van der Waals surface area contributed by atoms with E-state index in [4.69, 9.17) is 0 Å². The predicted octanol–water partition coefficient (Wildman–Crippen LogP) is 3.92. The first-order valence-corrected chi connectivity index (χ1v) is 8.87. The third-order valence-corrected chi connectivity index (χ3v) is 5.94. The van der Waals surface area contributed by atoms with Gasteiger partial charge in [-0.2, -0.15) is 0 Å². The summed E-state index contributed by atoms with van der Waals surface area (Å²) in [6.07, 6.45) is 3.27. The van der Waals surface area contributed by atoms with Gasteiger partial charge in [0, 0.05) is 16.2 Å². The first kappa shape index (κ1) is 14.5. The molecule has 3 rings (SSSR count). The Morgan fingerprint density at radius 3 is 2.90 bits per heavy atom. The number of hydrogen-bond donors (Lipinski definition) is 0. The van der Waals surface area contributed by atoms with E-state index < -0.39 is 0 Å². The van der Waals surface area contributed by atoms with Gasteiger partial charge >= 0.3 is 0 Å². The topological polar surface area (TPSA) is 37.4 Å². The van der Waals surface area contributed by atoms with Crippen molar-refractivity contribution in [1.82, 2.24) is 0 Å². The fourth-order valence-electron chi connectivity index (χ4n) is 2.54. The Bertz CT molecular complexity index is 671. The van der Waals surface area contributed by atoms with Crippen LogP contribution >= 0.6 is 22.7 Å². The van der Waals surface area contributed by atoms with Crippen LogP contribution in [0.25, 0.3) is 0 Å². The molecule has 1 amide bonds. The molecule has 3 heterocycles. The summed E-state index contributed by atoms with van der Waals surface area (Å²) in [5, 5.41) is 2.00. The van der Waals surface area contributed by atoms with Gasteiger partial charge in [0.15, 0.2) is 5.78 Å². The molecule has 0 fully saturated rings. The Hall–Kier alpha value is -1.46. The van der Waals surface area contributed by atoms with E-state index in [0.29, 0.717) is 6.42 Å². The second-order valence-electron chi connectivity index (χ2n) is 5.11. The summed E-state index contributed by atoms with van der Waals surface area (Å²) < 4.78 is 0. The van der Waals surface area contributed by atoms with E-state index in [2.05, 4.69) is 6.92 Å². The average molecular weight is 319 g/mol. The molecule has 110 valence electrons. The van der Waals surface area contributed by atoms with E-state index in [9.17, 15) is 9.59 Å². The molecular weight excluding hydrogens is 302 g/mol.